The second kappa shape index (κ2) is 7.36. The largest absolute Gasteiger partial charge is 0.493 e. The van der Waals surface area contributed by atoms with Gasteiger partial charge in [-0.3, -0.25) is 0 Å². The van der Waals surface area contributed by atoms with Crippen LogP contribution < -0.4 is 18.9 Å². The molecule has 0 fully saturated rings. The third-order valence-corrected chi connectivity index (χ3v) is 3.19. The zero-order chi connectivity index (χ0) is 17.7. The smallest absolute Gasteiger partial charge is 0.343 e. The van der Waals surface area contributed by atoms with Gasteiger partial charge in [0, 0.05) is 0 Å². The van der Waals surface area contributed by atoms with Gasteiger partial charge in [0.05, 0.1) is 32.5 Å². The SMILES string of the molecule is COc1cc(C(=O)Oc2cccc(C(=O)O)c2)cc(OC)c1OC. The van der Waals surface area contributed by atoms with E-state index in [4.69, 9.17) is 24.1 Å². The highest BCUT2D eigenvalue weighted by Gasteiger charge is 2.18. The maximum absolute atomic E-state index is 12.3. The van der Waals surface area contributed by atoms with Crippen LogP contribution in [0.4, 0.5) is 0 Å². The molecule has 0 saturated heterocycles. The molecule has 0 aliphatic carbocycles. The number of rotatable bonds is 6. The van der Waals surface area contributed by atoms with Crippen molar-refractivity contribution < 1.29 is 33.6 Å². The molecule has 2 aromatic carbocycles. The van der Waals surface area contributed by atoms with Crippen molar-refractivity contribution in [3.8, 4) is 23.0 Å². The van der Waals surface area contributed by atoms with Gasteiger partial charge in [0.15, 0.2) is 11.5 Å². The van der Waals surface area contributed by atoms with Crippen molar-refractivity contribution in [1.82, 2.24) is 0 Å². The number of benzene rings is 2. The van der Waals surface area contributed by atoms with Gasteiger partial charge in [-0.15, -0.1) is 0 Å². The monoisotopic (exact) mass is 332 g/mol. The Hall–Kier alpha value is -3.22. The molecular formula is C17H16O7. The number of carbonyl (C=O) groups excluding carboxylic acids is 1. The van der Waals surface area contributed by atoms with E-state index in [-0.39, 0.29) is 16.9 Å². The summed E-state index contributed by atoms with van der Waals surface area (Å²) in [5, 5.41) is 8.97. The maximum Gasteiger partial charge on any atom is 0.343 e. The Morgan fingerprint density at radius 3 is 2.00 bits per heavy atom. The number of aromatic carboxylic acids is 1. The molecule has 24 heavy (non-hydrogen) atoms. The quantitative estimate of drug-likeness (QED) is 0.642. The third-order valence-electron chi connectivity index (χ3n) is 3.19. The van der Waals surface area contributed by atoms with Crippen molar-refractivity contribution in [2.45, 2.75) is 0 Å². The van der Waals surface area contributed by atoms with Crippen molar-refractivity contribution in [2.75, 3.05) is 21.3 Å². The van der Waals surface area contributed by atoms with E-state index in [1.165, 1.54) is 57.7 Å². The summed E-state index contributed by atoms with van der Waals surface area (Å²) >= 11 is 0. The zero-order valence-electron chi connectivity index (χ0n) is 13.4. The van der Waals surface area contributed by atoms with E-state index in [1.807, 2.05) is 0 Å². The van der Waals surface area contributed by atoms with Crippen molar-refractivity contribution in [1.29, 1.82) is 0 Å². The van der Waals surface area contributed by atoms with Crippen LogP contribution in [0.25, 0.3) is 0 Å². The normalized spacial score (nSPS) is 9.96. The van der Waals surface area contributed by atoms with Crippen molar-refractivity contribution >= 4 is 11.9 Å². The molecule has 2 rings (SSSR count). The van der Waals surface area contributed by atoms with Crippen LogP contribution in [0.5, 0.6) is 23.0 Å². The molecule has 0 saturated carbocycles. The van der Waals surface area contributed by atoms with Gasteiger partial charge in [-0.2, -0.15) is 0 Å². The number of ether oxygens (including phenoxy) is 4. The average Bonchev–Trinajstić information content (AvgIpc) is 2.60. The first-order valence-corrected chi connectivity index (χ1v) is 6.85. The molecule has 7 nitrogen and oxygen atoms in total. The predicted octanol–water partition coefficient (Wildman–Crippen LogP) is 2.63. The Labute approximate surface area is 138 Å². The minimum atomic E-state index is -1.11. The molecule has 7 heteroatoms. The van der Waals surface area contributed by atoms with Crippen LogP contribution in [0.15, 0.2) is 36.4 Å². The van der Waals surface area contributed by atoms with Gasteiger partial charge in [0.25, 0.3) is 0 Å². The molecular weight excluding hydrogens is 316 g/mol. The van der Waals surface area contributed by atoms with E-state index in [0.29, 0.717) is 17.2 Å². The molecule has 0 radical (unpaired) electrons. The molecule has 2 aromatic rings. The van der Waals surface area contributed by atoms with Gasteiger partial charge in [0.2, 0.25) is 5.75 Å². The lowest BCUT2D eigenvalue weighted by atomic mass is 10.1. The standard InChI is InChI=1S/C17H16O7/c1-21-13-8-11(9-14(22-2)15(13)23-3)17(20)24-12-6-4-5-10(7-12)16(18)19/h4-9H,1-3H3,(H,18,19). The summed E-state index contributed by atoms with van der Waals surface area (Å²) in [5.41, 5.74) is 0.190. The molecule has 126 valence electrons. The van der Waals surface area contributed by atoms with E-state index in [9.17, 15) is 9.59 Å². The Morgan fingerprint density at radius 2 is 1.50 bits per heavy atom. The van der Waals surface area contributed by atoms with Crippen LogP contribution in [0.1, 0.15) is 20.7 Å². The Morgan fingerprint density at radius 1 is 0.875 bits per heavy atom. The Kier molecular flexibility index (Phi) is 5.26. The molecule has 0 heterocycles. The van der Waals surface area contributed by atoms with Gasteiger partial charge in [-0.25, -0.2) is 9.59 Å². The number of esters is 1. The molecule has 0 amide bonds. The minimum absolute atomic E-state index is 0.0187. The number of hydrogen-bond acceptors (Lipinski definition) is 6. The first kappa shape index (κ1) is 17.1. The fourth-order valence-corrected chi connectivity index (χ4v) is 2.06. The highest BCUT2D eigenvalue weighted by molar-refractivity contribution is 5.93. The fourth-order valence-electron chi connectivity index (χ4n) is 2.06. The van der Waals surface area contributed by atoms with Gasteiger partial charge < -0.3 is 24.1 Å². The number of hydrogen-bond donors (Lipinski definition) is 1. The molecule has 0 aliphatic heterocycles. The van der Waals surface area contributed by atoms with E-state index < -0.39 is 11.9 Å². The molecule has 0 aromatic heterocycles. The Bertz CT molecular complexity index is 742. The van der Waals surface area contributed by atoms with E-state index >= 15 is 0 Å². The van der Waals surface area contributed by atoms with E-state index in [2.05, 4.69) is 0 Å². The minimum Gasteiger partial charge on any atom is -0.493 e. The first-order valence-electron chi connectivity index (χ1n) is 6.85. The van der Waals surface area contributed by atoms with E-state index in [0.717, 1.165) is 0 Å². The second-order valence-electron chi connectivity index (χ2n) is 4.64. The van der Waals surface area contributed by atoms with Crippen molar-refractivity contribution in [2.24, 2.45) is 0 Å². The fraction of sp³-hybridized carbons (Fsp3) is 0.176. The van der Waals surface area contributed by atoms with Crippen LogP contribution in [-0.2, 0) is 0 Å². The lowest BCUT2D eigenvalue weighted by molar-refractivity contribution is 0.0687. The lowest BCUT2D eigenvalue weighted by Gasteiger charge is -2.13. The summed E-state index contributed by atoms with van der Waals surface area (Å²) in [6.07, 6.45) is 0. The first-order chi connectivity index (χ1) is 11.5. The highest BCUT2D eigenvalue weighted by Crippen LogP contribution is 2.38. The molecule has 0 bridgehead atoms. The molecule has 0 aliphatic rings. The number of carboxylic acids is 1. The molecule has 0 unspecified atom stereocenters. The number of methoxy groups -OCH3 is 3. The number of carbonyl (C=O) groups is 2. The Balaban J connectivity index is 2.33. The molecule has 1 N–H and O–H groups in total. The van der Waals surface area contributed by atoms with Crippen molar-refractivity contribution in [3.05, 3.63) is 47.5 Å². The van der Waals surface area contributed by atoms with Crippen molar-refractivity contribution in [3.63, 3.8) is 0 Å². The number of carboxylic acid groups (broad SMARTS) is 1. The lowest BCUT2D eigenvalue weighted by Crippen LogP contribution is -2.10. The van der Waals surface area contributed by atoms with Crippen LogP contribution in [-0.4, -0.2) is 38.4 Å². The highest BCUT2D eigenvalue weighted by atomic mass is 16.5. The summed E-state index contributed by atoms with van der Waals surface area (Å²) in [4.78, 5) is 23.3. The summed E-state index contributed by atoms with van der Waals surface area (Å²) in [5.74, 6) is -0.707. The second-order valence-corrected chi connectivity index (χ2v) is 4.64. The van der Waals surface area contributed by atoms with Gasteiger partial charge in [-0.05, 0) is 30.3 Å². The van der Waals surface area contributed by atoms with Gasteiger partial charge in [0.1, 0.15) is 5.75 Å². The summed E-state index contributed by atoms with van der Waals surface area (Å²) < 4.78 is 20.8. The molecule has 0 atom stereocenters. The van der Waals surface area contributed by atoms with Crippen LogP contribution in [0, 0.1) is 0 Å². The summed E-state index contributed by atoms with van der Waals surface area (Å²) in [7, 11) is 4.32. The maximum atomic E-state index is 12.3. The van der Waals surface area contributed by atoms with Crippen LogP contribution >= 0.6 is 0 Å². The zero-order valence-corrected chi connectivity index (χ0v) is 13.4. The topological polar surface area (TPSA) is 91.3 Å². The van der Waals surface area contributed by atoms with E-state index in [1.54, 1.807) is 0 Å². The summed E-state index contributed by atoms with van der Waals surface area (Å²) in [6, 6.07) is 8.54. The van der Waals surface area contributed by atoms with Gasteiger partial charge >= 0.3 is 11.9 Å². The van der Waals surface area contributed by atoms with Crippen LogP contribution in [0.2, 0.25) is 0 Å². The summed E-state index contributed by atoms with van der Waals surface area (Å²) in [6.45, 7) is 0. The predicted molar refractivity (Wildman–Crippen MR) is 84.5 cm³/mol. The molecule has 0 spiro atoms. The van der Waals surface area contributed by atoms with Crippen LogP contribution in [0.3, 0.4) is 0 Å². The average molecular weight is 332 g/mol. The van der Waals surface area contributed by atoms with Gasteiger partial charge in [-0.1, -0.05) is 6.07 Å². The third kappa shape index (κ3) is 3.57.